The smallest absolute Gasteiger partial charge is 0.262 e. The minimum atomic E-state index is -3.79. The number of thiophene rings is 1. The molecule has 8 heteroatoms. The molecule has 1 fully saturated rings. The van der Waals surface area contributed by atoms with Crippen LogP contribution in [0, 0.1) is 12.8 Å². The number of halogens is 1. The van der Waals surface area contributed by atoms with Gasteiger partial charge in [0, 0.05) is 35.3 Å². The number of nitrogens with one attached hydrogen (secondary N) is 1. The molecule has 0 aromatic carbocycles. The molecule has 1 saturated heterocycles. The Hall–Kier alpha value is -0.630. The zero-order valence-corrected chi connectivity index (χ0v) is 13.4. The predicted octanol–water partition coefficient (Wildman–Crippen LogP) is 2.14. The van der Waals surface area contributed by atoms with Gasteiger partial charge in [0.15, 0.2) is 0 Å². The minimum Gasteiger partial charge on any atom is -0.381 e. The summed E-state index contributed by atoms with van der Waals surface area (Å²) in [5.74, 6) is 0.239. The highest BCUT2D eigenvalue weighted by molar-refractivity contribution is 8.13. The first-order valence-electron chi connectivity index (χ1n) is 6.29. The fourth-order valence-corrected chi connectivity index (χ4v) is 4.69. The number of hydrogen-bond acceptors (Lipinski definition) is 5. The van der Waals surface area contributed by atoms with Crippen LogP contribution in [0.2, 0.25) is 0 Å². The summed E-state index contributed by atoms with van der Waals surface area (Å²) in [4.78, 5) is 12.8. The van der Waals surface area contributed by atoms with E-state index in [1.807, 2.05) is 0 Å². The van der Waals surface area contributed by atoms with Crippen LogP contribution < -0.4 is 5.32 Å². The highest BCUT2D eigenvalue weighted by Gasteiger charge is 2.21. The fraction of sp³-hybridized carbons (Fsp3) is 0.583. The van der Waals surface area contributed by atoms with Crippen molar-refractivity contribution in [2.45, 2.75) is 24.7 Å². The van der Waals surface area contributed by atoms with E-state index in [1.54, 1.807) is 6.92 Å². The number of rotatable bonds is 5. The molecule has 0 spiro atoms. The summed E-state index contributed by atoms with van der Waals surface area (Å²) in [5, 5.41) is 2.80. The van der Waals surface area contributed by atoms with Gasteiger partial charge in [-0.3, -0.25) is 4.79 Å². The first-order chi connectivity index (χ1) is 9.38. The van der Waals surface area contributed by atoms with Crippen LogP contribution in [0.4, 0.5) is 0 Å². The molecule has 1 N–H and O–H groups in total. The minimum absolute atomic E-state index is 0.0125. The first-order valence-corrected chi connectivity index (χ1v) is 9.41. The van der Waals surface area contributed by atoms with Crippen molar-refractivity contribution in [1.29, 1.82) is 0 Å². The molecule has 5 nitrogen and oxygen atoms in total. The van der Waals surface area contributed by atoms with E-state index in [1.165, 1.54) is 6.07 Å². The lowest BCUT2D eigenvalue weighted by Crippen LogP contribution is -2.25. The summed E-state index contributed by atoms with van der Waals surface area (Å²) in [6, 6.07) is 1.33. The number of ether oxygens (including phenoxy) is 1. The van der Waals surface area contributed by atoms with Gasteiger partial charge in [0.1, 0.15) is 0 Å². The van der Waals surface area contributed by atoms with Crippen LogP contribution in [0.3, 0.4) is 0 Å². The Morgan fingerprint density at radius 2 is 2.35 bits per heavy atom. The fourth-order valence-electron chi connectivity index (χ4n) is 2.11. The van der Waals surface area contributed by atoms with Gasteiger partial charge in [-0.25, -0.2) is 8.42 Å². The number of aryl methyl sites for hydroxylation is 1. The molecule has 1 aromatic heterocycles. The van der Waals surface area contributed by atoms with Gasteiger partial charge in [-0.15, -0.1) is 11.3 Å². The van der Waals surface area contributed by atoms with Crippen molar-refractivity contribution in [2.75, 3.05) is 19.8 Å². The first kappa shape index (κ1) is 15.8. The van der Waals surface area contributed by atoms with E-state index in [2.05, 4.69) is 5.32 Å². The second-order valence-corrected chi connectivity index (χ2v) is 8.53. The normalized spacial score (nSPS) is 19.2. The molecule has 1 amide bonds. The second-order valence-electron chi connectivity index (χ2n) is 4.74. The standard InChI is InChI=1S/C12H16ClNO4S2/c1-8-11(20(13,16)17)6-10(19-8)12(15)14-4-2-9-3-5-18-7-9/h6,9H,2-5,7H2,1H3,(H,14,15). The van der Waals surface area contributed by atoms with E-state index in [0.29, 0.717) is 22.2 Å². The van der Waals surface area contributed by atoms with Crippen LogP contribution in [0.1, 0.15) is 27.4 Å². The van der Waals surface area contributed by atoms with E-state index in [4.69, 9.17) is 15.4 Å². The molecular weight excluding hydrogens is 322 g/mol. The predicted molar refractivity (Wildman–Crippen MR) is 78.0 cm³/mol. The second kappa shape index (κ2) is 6.43. The molecule has 0 aliphatic carbocycles. The van der Waals surface area contributed by atoms with Gasteiger partial charge < -0.3 is 10.1 Å². The maximum atomic E-state index is 11.9. The molecule has 2 heterocycles. The van der Waals surface area contributed by atoms with Gasteiger partial charge in [0.25, 0.3) is 15.0 Å². The molecule has 0 radical (unpaired) electrons. The van der Waals surface area contributed by atoms with Gasteiger partial charge in [0.2, 0.25) is 0 Å². The molecule has 1 aliphatic rings. The van der Waals surface area contributed by atoms with Crippen molar-refractivity contribution in [3.63, 3.8) is 0 Å². The molecule has 1 aliphatic heterocycles. The lowest BCUT2D eigenvalue weighted by Gasteiger charge is -2.07. The monoisotopic (exact) mass is 337 g/mol. The van der Waals surface area contributed by atoms with E-state index >= 15 is 0 Å². The Bertz CT molecular complexity index is 591. The van der Waals surface area contributed by atoms with Crippen LogP contribution in [0.15, 0.2) is 11.0 Å². The van der Waals surface area contributed by atoms with Gasteiger partial charge in [0.05, 0.1) is 9.77 Å². The van der Waals surface area contributed by atoms with Crippen molar-refractivity contribution in [1.82, 2.24) is 5.32 Å². The highest BCUT2D eigenvalue weighted by atomic mass is 35.7. The summed E-state index contributed by atoms with van der Waals surface area (Å²) < 4.78 is 27.9. The van der Waals surface area contributed by atoms with Crippen molar-refractivity contribution in [3.8, 4) is 0 Å². The third-order valence-corrected chi connectivity index (χ3v) is 5.85. The van der Waals surface area contributed by atoms with E-state index in [0.717, 1.165) is 37.4 Å². The number of amides is 1. The molecule has 1 aromatic rings. The van der Waals surface area contributed by atoms with Gasteiger partial charge in [-0.1, -0.05) is 0 Å². The molecule has 1 atom stereocenters. The van der Waals surface area contributed by atoms with Gasteiger partial charge >= 0.3 is 0 Å². The van der Waals surface area contributed by atoms with Crippen LogP contribution in [0.25, 0.3) is 0 Å². The lowest BCUT2D eigenvalue weighted by molar-refractivity contribution is 0.0954. The Labute approximate surface area is 126 Å². The Morgan fingerprint density at radius 3 is 2.90 bits per heavy atom. The van der Waals surface area contributed by atoms with Crippen LogP contribution >= 0.6 is 22.0 Å². The summed E-state index contributed by atoms with van der Waals surface area (Å²) in [6.07, 6.45) is 1.90. The highest BCUT2D eigenvalue weighted by Crippen LogP contribution is 2.28. The summed E-state index contributed by atoms with van der Waals surface area (Å²) in [7, 11) is 1.51. The Morgan fingerprint density at radius 1 is 1.60 bits per heavy atom. The average Bonchev–Trinajstić information content (AvgIpc) is 2.97. The van der Waals surface area contributed by atoms with Crippen molar-refractivity contribution < 1.29 is 17.9 Å². The van der Waals surface area contributed by atoms with Crippen molar-refractivity contribution >= 4 is 37.0 Å². The summed E-state index contributed by atoms with van der Waals surface area (Å²) in [5.41, 5.74) is 0. The zero-order valence-electron chi connectivity index (χ0n) is 11.0. The Kier molecular flexibility index (Phi) is 5.06. The van der Waals surface area contributed by atoms with E-state index in [-0.39, 0.29) is 10.8 Å². The van der Waals surface area contributed by atoms with Gasteiger partial charge in [-0.05, 0) is 31.7 Å². The van der Waals surface area contributed by atoms with Crippen LogP contribution in [-0.4, -0.2) is 34.1 Å². The van der Waals surface area contributed by atoms with E-state index < -0.39 is 9.05 Å². The largest absolute Gasteiger partial charge is 0.381 e. The summed E-state index contributed by atoms with van der Waals surface area (Å²) >= 11 is 1.13. The maximum Gasteiger partial charge on any atom is 0.262 e. The van der Waals surface area contributed by atoms with E-state index in [9.17, 15) is 13.2 Å². The quantitative estimate of drug-likeness (QED) is 0.835. The summed E-state index contributed by atoms with van der Waals surface area (Å²) in [6.45, 7) is 3.74. The lowest BCUT2D eigenvalue weighted by atomic mass is 10.1. The molecule has 112 valence electrons. The molecule has 20 heavy (non-hydrogen) atoms. The van der Waals surface area contributed by atoms with Crippen LogP contribution in [-0.2, 0) is 13.8 Å². The van der Waals surface area contributed by atoms with Gasteiger partial charge in [-0.2, -0.15) is 0 Å². The number of hydrogen-bond donors (Lipinski definition) is 1. The molecule has 1 unspecified atom stereocenters. The molecular formula is C12H16ClNO4S2. The maximum absolute atomic E-state index is 11.9. The zero-order chi connectivity index (χ0) is 14.8. The molecule has 2 rings (SSSR count). The third kappa shape index (κ3) is 3.94. The third-order valence-electron chi connectivity index (χ3n) is 3.22. The van der Waals surface area contributed by atoms with Crippen molar-refractivity contribution in [3.05, 3.63) is 15.8 Å². The Balaban J connectivity index is 1.92. The molecule has 0 saturated carbocycles. The topological polar surface area (TPSA) is 72.5 Å². The van der Waals surface area contributed by atoms with Crippen molar-refractivity contribution in [2.24, 2.45) is 5.92 Å². The number of carbonyl (C=O) groups is 1. The average molecular weight is 338 g/mol. The molecule has 0 bridgehead atoms. The van der Waals surface area contributed by atoms with Crippen LogP contribution in [0.5, 0.6) is 0 Å². The number of carbonyl (C=O) groups excluding carboxylic acids is 1. The SMILES string of the molecule is Cc1sc(C(=O)NCCC2CCOC2)cc1S(=O)(=O)Cl.